The summed E-state index contributed by atoms with van der Waals surface area (Å²) in [5.41, 5.74) is 7.50. The van der Waals surface area contributed by atoms with Crippen LogP contribution in [-0.4, -0.2) is 63.8 Å². The van der Waals surface area contributed by atoms with Crippen molar-refractivity contribution >= 4 is 36.3 Å². The molecule has 11 heteroatoms. The van der Waals surface area contributed by atoms with Gasteiger partial charge < -0.3 is 31.9 Å². The number of carboxylic acid groups (broad SMARTS) is 1. The Hall–Kier alpha value is -3.57. The van der Waals surface area contributed by atoms with E-state index in [2.05, 4.69) is 28.6 Å². The van der Waals surface area contributed by atoms with Crippen LogP contribution in [0.3, 0.4) is 0 Å². The summed E-state index contributed by atoms with van der Waals surface area (Å²) in [6.07, 6.45) is 0.822. The van der Waals surface area contributed by atoms with E-state index in [1.165, 1.54) is 12.1 Å². The van der Waals surface area contributed by atoms with E-state index in [0.29, 0.717) is 6.42 Å². The fourth-order valence-electron chi connectivity index (χ4n) is 3.72. The SMILES string of the molecule is CCC(C)C(NC(=O)C(Cc1ccccc1)NC(=O)C(CS)NC(=O)C(N)Cc1ccc(O)cc1)C(=O)O. The van der Waals surface area contributed by atoms with Crippen LogP contribution in [0.4, 0.5) is 0 Å². The van der Waals surface area contributed by atoms with Crippen molar-refractivity contribution in [2.24, 2.45) is 11.7 Å². The van der Waals surface area contributed by atoms with E-state index >= 15 is 0 Å². The molecule has 38 heavy (non-hydrogen) atoms. The molecule has 3 amide bonds. The number of hydrogen-bond donors (Lipinski definition) is 7. The van der Waals surface area contributed by atoms with E-state index in [9.17, 15) is 29.4 Å². The molecule has 2 rings (SSSR count). The largest absolute Gasteiger partial charge is 0.508 e. The smallest absolute Gasteiger partial charge is 0.326 e. The highest BCUT2D eigenvalue weighted by molar-refractivity contribution is 7.80. The molecule has 0 aliphatic heterocycles. The Labute approximate surface area is 227 Å². The third-order valence-corrected chi connectivity index (χ3v) is 6.60. The summed E-state index contributed by atoms with van der Waals surface area (Å²) in [7, 11) is 0. The number of nitrogens with one attached hydrogen (secondary N) is 3. The van der Waals surface area contributed by atoms with Crippen molar-refractivity contribution in [3.05, 3.63) is 65.7 Å². The molecule has 0 saturated heterocycles. The molecule has 5 atom stereocenters. The maximum Gasteiger partial charge on any atom is 0.326 e. The topological polar surface area (TPSA) is 171 Å². The lowest BCUT2D eigenvalue weighted by Gasteiger charge is -2.26. The van der Waals surface area contributed by atoms with E-state index < -0.39 is 47.9 Å². The number of amides is 3. The minimum Gasteiger partial charge on any atom is -0.508 e. The van der Waals surface area contributed by atoms with Gasteiger partial charge in [-0.3, -0.25) is 14.4 Å². The number of phenols is 1. The van der Waals surface area contributed by atoms with Crippen LogP contribution in [0.2, 0.25) is 0 Å². The van der Waals surface area contributed by atoms with Gasteiger partial charge in [-0.25, -0.2) is 4.79 Å². The number of aromatic hydroxyl groups is 1. The molecule has 0 spiro atoms. The van der Waals surface area contributed by atoms with Crippen LogP contribution in [0.1, 0.15) is 31.4 Å². The maximum absolute atomic E-state index is 13.2. The second-order valence-corrected chi connectivity index (χ2v) is 9.55. The van der Waals surface area contributed by atoms with E-state index in [-0.39, 0.29) is 30.3 Å². The third kappa shape index (κ3) is 9.38. The van der Waals surface area contributed by atoms with Crippen molar-refractivity contribution in [3.63, 3.8) is 0 Å². The molecule has 0 bridgehead atoms. The fourth-order valence-corrected chi connectivity index (χ4v) is 3.98. The van der Waals surface area contributed by atoms with Gasteiger partial charge >= 0.3 is 5.97 Å². The predicted molar refractivity (Wildman–Crippen MR) is 147 cm³/mol. The zero-order chi connectivity index (χ0) is 28.2. The molecule has 0 aromatic heterocycles. The van der Waals surface area contributed by atoms with Gasteiger partial charge in [-0.05, 0) is 35.6 Å². The van der Waals surface area contributed by atoms with E-state index in [4.69, 9.17) is 5.73 Å². The van der Waals surface area contributed by atoms with Gasteiger partial charge in [0.1, 0.15) is 23.9 Å². The first-order valence-corrected chi connectivity index (χ1v) is 13.0. The fraction of sp³-hybridized carbons (Fsp3) is 0.407. The molecule has 0 fully saturated rings. The van der Waals surface area contributed by atoms with Crippen LogP contribution >= 0.6 is 12.6 Å². The summed E-state index contributed by atoms with van der Waals surface area (Å²) < 4.78 is 0. The monoisotopic (exact) mass is 544 g/mol. The lowest BCUT2D eigenvalue weighted by atomic mass is 9.98. The number of phenolic OH excluding ortho intramolecular Hbond substituents is 1. The molecule has 0 aliphatic carbocycles. The van der Waals surface area contributed by atoms with Crippen LogP contribution < -0.4 is 21.7 Å². The number of rotatable bonds is 14. The third-order valence-electron chi connectivity index (χ3n) is 6.24. The zero-order valence-electron chi connectivity index (χ0n) is 21.5. The Kier molecular flexibility index (Phi) is 12.1. The second kappa shape index (κ2) is 15.0. The number of benzene rings is 2. The molecule has 2 aromatic carbocycles. The summed E-state index contributed by atoms with van der Waals surface area (Å²) in [6, 6.07) is 10.9. The van der Waals surface area contributed by atoms with E-state index in [0.717, 1.165) is 11.1 Å². The number of nitrogens with two attached hydrogens (primary N) is 1. The summed E-state index contributed by atoms with van der Waals surface area (Å²) in [5.74, 6) is -3.36. The molecule has 0 heterocycles. The molecule has 206 valence electrons. The number of carbonyl (C=O) groups excluding carboxylic acids is 3. The summed E-state index contributed by atoms with van der Waals surface area (Å²) in [5, 5.41) is 26.7. The molecule has 0 radical (unpaired) electrons. The summed E-state index contributed by atoms with van der Waals surface area (Å²) in [4.78, 5) is 50.7. The first-order valence-electron chi connectivity index (χ1n) is 12.4. The Morgan fingerprint density at radius 2 is 1.39 bits per heavy atom. The highest BCUT2D eigenvalue weighted by atomic mass is 32.1. The van der Waals surface area contributed by atoms with Gasteiger partial charge in [-0.15, -0.1) is 0 Å². The minimum atomic E-state index is -1.17. The number of carbonyl (C=O) groups is 4. The first-order chi connectivity index (χ1) is 18.0. The molecule has 10 nitrogen and oxygen atoms in total. The van der Waals surface area contributed by atoms with Gasteiger partial charge in [0.05, 0.1) is 6.04 Å². The quantitative estimate of drug-likeness (QED) is 0.174. The van der Waals surface area contributed by atoms with Crippen molar-refractivity contribution in [1.82, 2.24) is 16.0 Å². The van der Waals surface area contributed by atoms with Crippen molar-refractivity contribution in [2.45, 2.75) is 57.3 Å². The molecule has 0 aliphatic rings. The van der Waals surface area contributed by atoms with Crippen LogP contribution in [0.5, 0.6) is 5.75 Å². The molecule has 2 aromatic rings. The molecular formula is C27H36N4O6S. The normalized spacial score (nSPS) is 14.8. The highest BCUT2D eigenvalue weighted by Crippen LogP contribution is 2.12. The van der Waals surface area contributed by atoms with Crippen molar-refractivity contribution < 1.29 is 29.4 Å². The van der Waals surface area contributed by atoms with Gasteiger partial charge in [-0.2, -0.15) is 12.6 Å². The van der Waals surface area contributed by atoms with Crippen molar-refractivity contribution in [2.75, 3.05) is 5.75 Å². The highest BCUT2D eigenvalue weighted by Gasteiger charge is 2.31. The Morgan fingerprint density at radius 3 is 1.95 bits per heavy atom. The summed E-state index contributed by atoms with van der Waals surface area (Å²) >= 11 is 4.18. The van der Waals surface area contributed by atoms with Crippen LogP contribution in [0.25, 0.3) is 0 Å². The average molecular weight is 545 g/mol. The predicted octanol–water partition coefficient (Wildman–Crippen LogP) is 1.02. The van der Waals surface area contributed by atoms with Crippen LogP contribution in [0, 0.1) is 5.92 Å². The van der Waals surface area contributed by atoms with Crippen molar-refractivity contribution in [3.8, 4) is 5.75 Å². The molecule has 0 saturated carbocycles. The minimum absolute atomic E-state index is 0.0617. The average Bonchev–Trinajstić information content (AvgIpc) is 2.90. The van der Waals surface area contributed by atoms with Gasteiger partial charge in [0, 0.05) is 12.2 Å². The number of carboxylic acids is 1. The lowest BCUT2D eigenvalue weighted by molar-refractivity contribution is -0.143. The standard InChI is InChI=1S/C27H36N4O6S/c1-3-16(2)23(27(36)37)31-25(34)21(14-17-7-5-4-6-8-17)29-26(35)22(15-38)30-24(33)20(28)13-18-9-11-19(32)12-10-18/h4-12,16,20-23,32,38H,3,13-15,28H2,1-2H3,(H,29,35)(H,30,33)(H,31,34)(H,36,37). The Morgan fingerprint density at radius 1 is 0.842 bits per heavy atom. The Balaban J connectivity index is 2.13. The van der Waals surface area contributed by atoms with Gasteiger partial charge in [-0.1, -0.05) is 62.7 Å². The maximum atomic E-state index is 13.2. The Bertz CT molecular complexity index is 1080. The lowest BCUT2D eigenvalue weighted by Crippen LogP contribution is -2.58. The molecule has 5 unspecified atom stereocenters. The second-order valence-electron chi connectivity index (χ2n) is 9.18. The number of hydrogen-bond acceptors (Lipinski definition) is 7. The molecular weight excluding hydrogens is 508 g/mol. The number of aliphatic carboxylic acids is 1. The van der Waals surface area contributed by atoms with Gasteiger partial charge in [0.25, 0.3) is 0 Å². The first kappa shape index (κ1) is 30.7. The van der Waals surface area contributed by atoms with E-state index in [1.807, 2.05) is 13.0 Å². The number of thiol groups is 1. The van der Waals surface area contributed by atoms with E-state index in [1.54, 1.807) is 43.3 Å². The van der Waals surface area contributed by atoms with Crippen LogP contribution in [0.15, 0.2) is 54.6 Å². The zero-order valence-corrected chi connectivity index (χ0v) is 22.4. The van der Waals surface area contributed by atoms with Crippen molar-refractivity contribution in [1.29, 1.82) is 0 Å². The van der Waals surface area contributed by atoms with Crippen LogP contribution in [-0.2, 0) is 32.0 Å². The summed E-state index contributed by atoms with van der Waals surface area (Å²) in [6.45, 7) is 3.54. The molecule has 7 N–H and O–H groups in total. The van der Waals surface area contributed by atoms with Gasteiger partial charge in [0.15, 0.2) is 0 Å². The van der Waals surface area contributed by atoms with Gasteiger partial charge in [0.2, 0.25) is 17.7 Å².